The van der Waals surface area contributed by atoms with E-state index in [1.807, 2.05) is 0 Å². The average Bonchev–Trinajstić information content (AvgIpc) is 3.32. The van der Waals surface area contributed by atoms with Crippen molar-refractivity contribution in [3.05, 3.63) is 83.5 Å². The molecule has 0 aliphatic carbocycles. The highest BCUT2D eigenvalue weighted by atomic mass is 32.1. The Hall–Kier alpha value is -3.39. The molecule has 4 rings (SSSR count). The summed E-state index contributed by atoms with van der Waals surface area (Å²) in [4.78, 5) is 16.7. The number of hydrogen-bond acceptors (Lipinski definition) is 4. The first kappa shape index (κ1) is 17.0. The van der Waals surface area contributed by atoms with Crippen molar-refractivity contribution >= 4 is 22.4 Å². The van der Waals surface area contributed by atoms with Crippen LogP contribution in [0.25, 0.3) is 16.9 Å². The Bertz CT molecular complexity index is 1100. The van der Waals surface area contributed by atoms with Gasteiger partial charge in [-0.25, -0.2) is 18.4 Å². The zero-order valence-corrected chi connectivity index (χ0v) is 14.6. The third kappa shape index (κ3) is 3.61. The number of halogens is 2. The second-order valence-corrected chi connectivity index (χ2v) is 6.45. The van der Waals surface area contributed by atoms with Crippen LogP contribution in [-0.4, -0.2) is 20.7 Å². The number of nitrogens with one attached hydrogen (secondary N) is 1. The molecule has 0 saturated heterocycles. The third-order valence-corrected chi connectivity index (χ3v) is 4.54. The van der Waals surface area contributed by atoms with Gasteiger partial charge >= 0.3 is 0 Å². The van der Waals surface area contributed by atoms with Crippen LogP contribution in [0, 0.1) is 11.6 Å². The van der Waals surface area contributed by atoms with Gasteiger partial charge in [0.2, 0.25) is 0 Å². The van der Waals surface area contributed by atoms with Crippen LogP contribution >= 0.6 is 11.3 Å². The highest BCUT2D eigenvalue weighted by Crippen LogP contribution is 2.25. The Morgan fingerprint density at radius 2 is 1.81 bits per heavy atom. The average molecular weight is 382 g/mol. The van der Waals surface area contributed by atoms with Crippen LogP contribution in [0.4, 0.5) is 13.9 Å². The van der Waals surface area contributed by atoms with Gasteiger partial charge in [-0.15, -0.1) is 11.3 Å². The summed E-state index contributed by atoms with van der Waals surface area (Å²) in [5.74, 6) is -1.21. The molecule has 0 bridgehead atoms. The summed E-state index contributed by atoms with van der Waals surface area (Å²) >= 11 is 1.25. The third-order valence-electron chi connectivity index (χ3n) is 3.79. The van der Waals surface area contributed by atoms with E-state index in [-0.39, 0.29) is 17.2 Å². The molecule has 27 heavy (non-hydrogen) atoms. The molecule has 4 aromatic rings. The summed E-state index contributed by atoms with van der Waals surface area (Å²) < 4.78 is 28.1. The van der Waals surface area contributed by atoms with Crippen LogP contribution in [0.3, 0.4) is 0 Å². The number of carbonyl (C=O) groups is 1. The molecule has 0 saturated carbocycles. The zero-order chi connectivity index (χ0) is 18.8. The number of thiazole rings is 1. The predicted molar refractivity (Wildman–Crippen MR) is 99.0 cm³/mol. The zero-order valence-electron chi connectivity index (χ0n) is 13.8. The van der Waals surface area contributed by atoms with Gasteiger partial charge in [0.05, 0.1) is 5.69 Å². The Morgan fingerprint density at radius 1 is 1.04 bits per heavy atom. The summed E-state index contributed by atoms with van der Waals surface area (Å²) in [5, 5.41) is 8.93. The van der Waals surface area contributed by atoms with Gasteiger partial charge in [0.1, 0.15) is 17.3 Å². The molecule has 0 atom stereocenters. The highest BCUT2D eigenvalue weighted by Gasteiger charge is 2.14. The topological polar surface area (TPSA) is 59.8 Å². The number of carbonyl (C=O) groups excluding carboxylic acids is 1. The van der Waals surface area contributed by atoms with Crippen molar-refractivity contribution in [1.82, 2.24) is 14.8 Å². The fraction of sp³-hybridized carbons (Fsp3) is 0. The second kappa shape index (κ2) is 7.08. The molecule has 1 N–H and O–H groups in total. The number of aromatic nitrogens is 3. The number of hydrogen-bond donors (Lipinski definition) is 1. The number of anilines is 1. The molecule has 2 aromatic carbocycles. The van der Waals surface area contributed by atoms with E-state index in [0.717, 1.165) is 5.56 Å². The van der Waals surface area contributed by atoms with E-state index in [0.29, 0.717) is 10.8 Å². The van der Waals surface area contributed by atoms with Gasteiger partial charge < -0.3 is 0 Å². The molecule has 2 aromatic heterocycles. The van der Waals surface area contributed by atoms with Crippen molar-refractivity contribution in [3.8, 4) is 16.9 Å². The fourth-order valence-corrected chi connectivity index (χ4v) is 3.18. The molecule has 8 heteroatoms. The van der Waals surface area contributed by atoms with E-state index in [4.69, 9.17) is 0 Å². The van der Waals surface area contributed by atoms with Crippen molar-refractivity contribution in [2.24, 2.45) is 0 Å². The number of para-hydroxylation sites is 1. The number of benzene rings is 2. The second-order valence-electron chi connectivity index (χ2n) is 5.60. The highest BCUT2D eigenvalue weighted by molar-refractivity contribution is 7.14. The van der Waals surface area contributed by atoms with Gasteiger partial charge in [0.25, 0.3) is 5.91 Å². The van der Waals surface area contributed by atoms with Gasteiger partial charge in [-0.2, -0.15) is 5.10 Å². The first-order valence-corrected chi connectivity index (χ1v) is 8.81. The van der Waals surface area contributed by atoms with Gasteiger partial charge in [-0.05, 0) is 42.5 Å². The molecule has 5 nitrogen and oxygen atoms in total. The van der Waals surface area contributed by atoms with Gasteiger partial charge in [-0.3, -0.25) is 10.1 Å². The first-order chi connectivity index (χ1) is 13.1. The lowest BCUT2D eigenvalue weighted by Gasteiger charge is -2.02. The predicted octanol–water partition coefficient (Wildman–Crippen LogP) is 4.53. The minimum atomic E-state index is -0.454. The lowest BCUT2D eigenvalue weighted by Crippen LogP contribution is -2.13. The molecule has 2 heterocycles. The summed E-state index contributed by atoms with van der Waals surface area (Å²) in [6.07, 6.45) is 1.51. The number of rotatable bonds is 4. The number of amides is 1. The molecule has 1 amide bonds. The summed E-state index contributed by atoms with van der Waals surface area (Å²) in [6.45, 7) is 0. The first-order valence-electron chi connectivity index (χ1n) is 7.93. The Morgan fingerprint density at radius 3 is 2.59 bits per heavy atom. The summed E-state index contributed by atoms with van der Waals surface area (Å²) in [6, 6.07) is 13.6. The maximum Gasteiger partial charge on any atom is 0.277 e. The van der Waals surface area contributed by atoms with Crippen molar-refractivity contribution in [3.63, 3.8) is 0 Å². The normalized spacial score (nSPS) is 10.7. The van der Waals surface area contributed by atoms with E-state index in [1.165, 1.54) is 46.5 Å². The summed E-state index contributed by atoms with van der Waals surface area (Å²) in [7, 11) is 0. The van der Waals surface area contributed by atoms with Gasteiger partial charge in [0, 0.05) is 17.1 Å². The van der Waals surface area contributed by atoms with Crippen molar-refractivity contribution in [1.29, 1.82) is 0 Å². The Kier molecular flexibility index (Phi) is 4.47. The minimum Gasteiger partial charge on any atom is -0.296 e. The molecular weight excluding hydrogens is 370 g/mol. The van der Waals surface area contributed by atoms with E-state index in [1.54, 1.807) is 35.7 Å². The molecule has 0 spiro atoms. The molecule has 0 radical (unpaired) electrons. The van der Waals surface area contributed by atoms with Crippen LogP contribution < -0.4 is 5.32 Å². The van der Waals surface area contributed by atoms with Crippen LogP contribution in [0.1, 0.15) is 10.5 Å². The van der Waals surface area contributed by atoms with Crippen LogP contribution in [0.2, 0.25) is 0 Å². The van der Waals surface area contributed by atoms with Gasteiger partial charge in [0.15, 0.2) is 10.8 Å². The monoisotopic (exact) mass is 382 g/mol. The van der Waals surface area contributed by atoms with Crippen LogP contribution in [-0.2, 0) is 0 Å². The minimum absolute atomic E-state index is 0.136. The standard InChI is InChI=1S/C19H12F2N4OS/c20-13-7-5-12(6-8-13)16-11-27-19(22-16)23-18(26)15-9-10-25(24-15)17-4-2-1-3-14(17)21/h1-11H,(H,22,23,26). The maximum atomic E-state index is 13.8. The Balaban J connectivity index is 1.50. The van der Waals surface area contributed by atoms with Crippen molar-refractivity contribution in [2.75, 3.05) is 5.32 Å². The van der Waals surface area contributed by atoms with E-state index < -0.39 is 11.7 Å². The van der Waals surface area contributed by atoms with E-state index in [9.17, 15) is 13.6 Å². The molecule has 0 unspecified atom stereocenters. The van der Waals surface area contributed by atoms with Gasteiger partial charge in [-0.1, -0.05) is 12.1 Å². The summed E-state index contributed by atoms with van der Waals surface area (Å²) in [5.41, 5.74) is 1.77. The largest absolute Gasteiger partial charge is 0.296 e. The fourth-order valence-electron chi connectivity index (χ4n) is 2.46. The smallest absolute Gasteiger partial charge is 0.277 e. The van der Waals surface area contributed by atoms with Crippen LogP contribution in [0.5, 0.6) is 0 Å². The van der Waals surface area contributed by atoms with Crippen molar-refractivity contribution < 1.29 is 13.6 Å². The maximum absolute atomic E-state index is 13.8. The molecule has 134 valence electrons. The lowest BCUT2D eigenvalue weighted by molar-refractivity contribution is 0.102. The lowest BCUT2D eigenvalue weighted by atomic mass is 10.2. The molecule has 0 fully saturated rings. The molecule has 0 aliphatic heterocycles. The van der Waals surface area contributed by atoms with Crippen molar-refractivity contribution in [2.45, 2.75) is 0 Å². The number of nitrogens with zero attached hydrogens (tertiary/aromatic N) is 3. The van der Waals surface area contributed by atoms with Crippen LogP contribution in [0.15, 0.2) is 66.2 Å². The quantitative estimate of drug-likeness (QED) is 0.564. The Labute approximate surface area is 156 Å². The molecule has 0 aliphatic rings. The molecular formula is C19H12F2N4OS. The van der Waals surface area contributed by atoms with E-state index in [2.05, 4.69) is 15.4 Å². The van der Waals surface area contributed by atoms with E-state index >= 15 is 0 Å². The SMILES string of the molecule is O=C(Nc1nc(-c2ccc(F)cc2)cs1)c1ccn(-c2ccccc2F)n1.